The summed E-state index contributed by atoms with van der Waals surface area (Å²) in [5.41, 5.74) is 11.9. The maximum Gasteiger partial charge on any atom is 0.333 e. The summed E-state index contributed by atoms with van der Waals surface area (Å²) in [6.45, 7) is 7.98. The molecule has 2 amide bonds. The highest BCUT2D eigenvalue weighted by molar-refractivity contribution is 8.01. The zero-order valence-electron chi connectivity index (χ0n) is 28.4. The molecule has 1 aliphatic rings. The van der Waals surface area contributed by atoms with Crippen LogP contribution >= 0.6 is 11.8 Å². The van der Waals surface area contributed by atoms with Crippen molar-refractivity contribution in [2.24, 2.45) is 5.73 Å². The van der Waals surface area contributed by atoms with Gasteiger partial charge in [0, 0.05) is 29.9 Å². The van der Waals surface area contributed by atoms with Gasteiger partial charge in [-0.15, -0.1) is 11.8 Å². The Morgan fingerprint density at radius 3 is 2.41 bits per heavy atom. The highest BCUT2D eigenvalue weighted by Crippen LogP contribution is 2.47. The zero-order valence-corrected chi connectivity index (χ0v) is 29.3. The van der Waals surface area contributed by atoms with Crippen molar-refractivity contribution < 1.29 is 29.2 Å². The summed E-state index contributed by atoms with van der Waals surface area (Å²) in [5, 5.41) is 13.5. The molecule has 5 N–H and O–H groups in total. The van der Waals surface area contributed by atoms with E-state index < -0.39 is 11.2 Å². The zero-order chi connectivity index (χ0) is 34.9. The molecule has 1 saturated heterocycles. The molecule has 256 valence electrons. The van der Waals surface area contributed by atoms with Crippen molar-refractivity contribution in [2.75, 3.05) is 30.5 Å². The average Bonchev–Trinajstić information content (AvgIpc) is 3.43. The largest absolute Gasteiger partial charge is 0.493 e. The monoisotopic (exact) mass is 681 g/mol. The predicted octanol–water partition coefficient (Wildman–Crippen LogP) is 5.75. The Kier molecular flexibility index (Phi) is 11.9. The fraction of sp³-hybridized carbons (Fsp3) is 0.308. The lowest BCUT2D eigenvalue weighted by molar-refractivity contribution is -0.467. The van der Waals surface area contributed by atoms with Crippen LogP contribution in [0.25, 0.3) is 0 Å². The molecule has 4 aromatic carbocycles. The number of carbonyl (C=O) groups excluding carboxylic acids is 2. The maximum absolute atomic E-state index is 14.0. The van der Waals surface area contributed by atoms with E-state index in [2.05, 4.69) is 48.4 Å². The number of thioether (sulfide) groups is 1. The van der Waals surface area contributed by atoms with Crippen LogP contribution in [0.5, 0.6) is 11.5 Å². The summed E-state index contributed by atoms with van der Waals surface area (Å²) in [5.74, 6) is 1.15. The first-order valence-corrected chi connectivity index (χ1v) is 17.5. The van der Waals surface area contributed by atoms with Gasteiger partial charge in [-0.25, -0.2) is 4.99 Å². The molecule has 0 spiro atoms. The molecule has 2 atom stereocenters. The number of aliphatic hydroxyl groups excluding tert-OH is 1. The molecule has 0 aromatic heterocycles. The normalized spacial score (nSPS) is 16.2. The third-order valence-electron chi connectivity index (χ3n) is 8.44. The fourth-order valence-corrected chi connectivity index (χ4v) is 7.17. The van der Waals surface area contributed by atoms with Gasteiger partial charge in [-0.2, -0.15) is 0 Å². The Bertz CT molecular complexity index is 1780. The van der Waals surface area contributed by atoms with Gasteiger partial charge < -0.3 is 25.6 Å². The molecule has 1 heterocycles. The molecule has 1 fully saturated rings. The van der Waals surface area contributed by atoms with Gasteiger partial charge in [0.2, 0.25) is 11.8 Å². The van der Waals surface area contributed by atoms with Crippen LogP contribution in [0.4, 0.5) is 11.4 Å². The number of nitrogens with one attached hydrogen (secondary N) is 2. The topological polar surface area (TPSA) is 128 Å². The van der Waals surface area contributed by atoms with Gasteiger partial charge in [0.15, 0.2) is 11.5 Å². The van der Waals surface area contributed by atoms with E-state index in [1.807, 2.05) is 49.4 Å². The molecular weight excluding hydrogens is 637 g/mol. The van der Waals surface area contributed by atoms with E-state index >= 15 is 0 Å². The van der Waals surface area contributed by atoms with E-state index in [0.717, 1.165) is 16.8 Å². The Hall–Kier alpha value is -4.96. The first kappa shape index (κ1) is 35.3. The summed E-state index contributed by atoms with van der Waals surface area (Å²) >= 11 is 1.47. The van der Waals surface area contributed by atoms with Crippen molar-refractivity contribution in [3.8, 4) is 11.5 Å². The third kappa shape index (κ3) is 8.94. The molecular formula is C39H45N4O5S+. The number of nitrogens with zero attached hydrogens (tertiary/aromatic N) is 1. The van der Waals surface area contributed by atoms with Gasteiger partial charge in [-0.05, 0) is 77.6 Å². The van der Waals surface area contributed by atoms with Crippen LogP contribution in [0.1, 0.15) is 71.1 Å². The van der Waals surface area contributed by atoms with Gasteiger partial charge in [0.05, 0.1) is 25.4 Å². The SMILES string of the molecule is CCOc1cc(CC[NH+]=C(O)CC2SC(c3ccc(NCc4ccc(C(C)C)cc4)cc3)N(c3cccc(C(N)=O)c3)C2=O)ccc1OC. The van der Waals surface area contributed by atoms with E-state index in [1.54, 1.807) is 36.3 Å². The number of methoxy groups -OCH3 is 1. The molecule has 49 heavy (non-hydrogen) atoms. The number of amides is 2. The average molecular weight is 682 g/mol. The van der Waals surface area contributed by atoms with Crippen LogP contribution in [0, 0.1) is 0 Å². The van der Waals surface area contributed by atoms with Gasteiger partial charge in [0.25, 0.3) is 0 Å². The van der Waals surface area contributed by atoms with Gasteiger partial charge in [-0.1, -0.05) is 62.4 Å². The predicted molar refractivity (Wildman–Crippen MR) is 197 cm³/mol. The van der Waals surface area contributed by atoms with Gasteiger partial charge >= 0.3 is 5.90 Å². The summed E-state index contributed by atoms with van der Waals surface area (Å²) in [7, 11) is 1.61. The van der Waals surface area contributed by atoms with Crippen LogP contribution in [0.15, 0.2) is 91.0 Å². The highest BCUT2D eigenvalue weighted by atomic mass is 32.2. The smallest absolute Gasteiger partial charge is 0.333 e. The van der Waals surface area contributed by atoms with Crippen molar-refractivity contribution in [1.82, 2.24) is 0 Å². The standard InChI is InChI=1S/C39H44N4O5S/c1-5-48-34-21-26(11-18-33(34)47-4)19-20-41-36(44)23-35-38(46)43(32-8-6-7-30(22-32)37(40)45)39(49-35)29-14-16-31(17-15-29)42-24-27-9-12-28(13-10-27)25(2)3/h6-18,21-22,25,35,39,42H,5,19-20,23-24H2,1-4H3,(H2,40,45)(H,41,44)/p+1. The Labute approximate surface area is 292 Å². The molecule has 10 heteroatoms. The summed E-state index contributed by atoms with van der Waals surface area (Å²) in [6, 6.07) is 29.2. The van der Waals surface area contributed by atoms with Crippen molar-refractivity contribution >= 4 is 40.8 Å². The van der Waals surface area contributed by atoms with E-state index in [9.17, 15) is 14.7 Å². The van der Waals surface area contributed by atoms with Crippen molar-refractivity contribution in [1.29, 1.82) is 0 Å². The second-order valence-electron chi connectivity index (χ2n) is 12.2. The molecule has 1 aliphatic heterocycles. The number of anilines is 2. The summed E-state index contributed by atoms with van der Waals surface area (Å²) in [4.78, 5) is 30.7. The van der Waals surface area contributed by atoms with Crippen LogP contribution in [-0.4, -0.2) is 48.3 Å². The molecule has 0 bridgehead atoms. The number of ether oxygens (including phenoxy) is 2. The van der Waals surface area contributed by atoms with E-state index in [-0.39, 0.29) is 23.6 Å². The number of benzene rings is 4. The first-order chi connectivity index (χ1) is 23.7. The first-order valence-electron chi connectivity index (χ1n) is 16.6. The molecule has 0 saturated carbocycles. The Morgan fingerprint density at radius 2 is 1.73 bits per heavy atom. The quantitative estimate of drug-likeness (QED) is 0.0930. The number of hydrogen-bond donors (Lipinski definition) is 4. The number of primary amides is 1. The molecule has 9 nitrogen and oxygen atoms in total. The number of carbonyl (C=O) groups is 2. The fourth-order valence-electron chi connectivity index (χ4n) is 5.71. The number of nitrogens with two attached hydrogens (primary N) is 1. The lowest BCUT2D eigenvalue weighted by Gasteiger charge is -2.25. The summed E-state index contributed by atoms with van der Waals surface area (Å²) in [6.07, 6.45) is 0.770. The second kappa shape index (κ2) is 16.4. The van der Waals surface area contributed by atoms with Crippen LogP contribution in [0.2, 0.25) is 0 Å². The molecule has 0 radical (unpaired) electrons. The lowest BCUT2D eigenvalue weighted by Crippen LogP contribution is -2.74. The van der Waals surface area contributed by atoms with E-state index in [4.69, 9.17) is 15.2 Å². The van der Waals surface area contributed by atoms with Crippen molar-refractivity contribution in [3.05, 3.63) is 119 Å². The van der Waals surface area contributed by atoms with E-state index in [1.165, 1.54) is 22.9 Å². The van der Waals surface area contributed by atoms with Crippen LogP contribution in [-0.2, 0) is 17.8 Å². The second-order valence-corrected chi connectivity index (χ2v) is 13.5. The number of aliphatic hydroxyl groups is 1. The molecule has 5 rings (SSSR count). The third-order valence-corrected chi connectivity index (χ3v) is 9.88. The molecule has 2 unspecified atom stereocenters. The van der Waals surface area contributed by atoms with Crippen LogP contribution in [0.3, 0.4) is 0 Å². The number of rotatable bonds is 15. The maximum atomic E-state index is 14.0. The Balaban J connectivity index is 1.29. The van der Waals surface area contributed by atoms with Crippen molar-refractivity contribution in [2.45, 2.75) is 56.7 Å². The Morgan fingerprint density at radius 1 is 1.00 bits per heavy atom. The van der Waals surface area contributed by atoms with E-state index in [0.29, 0.717) is 54.8 Å². The lowest BCUT2D eigenvalue weighted by atomic mass is 10.0. The highest BCUT2D eigenvalue weighted by Gasteiger charge is 2.43. The minimum atomic E-state index is -0.566. The molecule has 0 aliphatic carbocycles. The van der Waals surface area contributed by atoms with Crippen LogP contribution < -0.4 is 30.4 Å². The number of hydrogen-bond acceptors (Lipinski definition) is 6. The van der Waals surface area contributed by atoms with Crippen molar-refractivity contribution in [3.63, 3.8) is 0 Å². The molecule has 4 aromatic rings. The minimum absolute atomic E-state index is 0.0388. The minimum Gasteiger partial charge on any atom is -0.493 e. The summed E-state index contributed by atoms with van der Waals surface area (Å²) < 4.78 is 11.1. The van der Waals surface area contributed by atoms with Gasteiger partial charge in [0.1, 0.15) is 11.9 Å². The van der Waals surface area contributed by atoms with Gasteiger partial charge in [-0.3, -0.25) is 14.5 Å².